The van der Waals surface area contributed by atoms with Gasteiger partial charge in [0.15, 0.2) is 11.5 Å². The maximum Gasteiger partial charge on any atom is 0.225 e. The SMILES string of the molecule is COc1cc(C2CN(C(=O)C(C)C)CC2C(=O)NCCC(C)C)cc(OC)c1OC. The summed E-state index contributed by atoms with van der Waals surface area (Å²) in [4.78, 5) is 27.5. The van der Waals surface area contributed by atoms with Crippen LogP contribution in [0, 0.1) is 17.8 Å². The van der Waals surface area contributed by atoms with Gasteiger partial charge >= 0.3 is 0 Å². The van der Waals surface area contributed by atoms with Crippen LogP contribution in [-0.2, 0) is 9.59 Å². The first-order valence-electron chi connectivity index (χ1n) is 10.6. The summed E-state index contributed by atoms with van der Waals surface area (Å²) in [5, 5.41) is 3.06. The highest BCUT2D eigenvalue weighted by molar-refractivity contribution is 5.84. The average molecular weight is 421 g/mol. The molecule has 30 heavy (non-hydrogen) atoms. The van der Waals surface area contributed by atoms with E-state index in [9.17, 15) is 9.59 Å². The van der Waals surface area contributed by atoms with Crippen molar-refractivity contribution in [3.05, 3.63) is 17.7 Å². The zero-order valence-electron chi connectivity index (χ0n) is 19.3. The molecule has 7 heteroatoms. The van der Waals surface area contributed by atoms with E-state index >= 15 is 0 Å². The lowest BCUT2D eigenvalue weighted by molar-refractivity contribution is -0.133. The highest BCUT2D eigenvalue weighted by Crippen LogP contribution is 2.43. The molecular formula is C23H36N2O5. The summed E-state index contributed by atoms with van der Waals surface area (Å²) in [6.07, 6.45) is 0.919. The predicted molar refractivity (Wildman–Crippen MR) is 116 cm³/mol. The monoisotopic (exact) mass is 420 g/mol. The smallest absolute Gasteiger partial charge is 0.225 e. The molecule has 2 atom stereocenters. The van der Waals surface area contributed by atoms with Gasteiger partial charge < -0.3 is 24.4 Å². The number of methoxy groups -OCH3 is 3. The van der Waals surface area contributed by atoms with Crippen molar-refractivity contribution in [2.75, 3.05) is 41.0 Å². The van der Waals surface area contributed by atoms with Crippen molar-refractivity contribution in [2.45, 2.75) is 40.0 Å². The summed E-state index contributed by atoms with van der Waals surface area (Å²) in [5.41, 5.74) is 0.896. The van der Waals surface area contributed by atoms with E-state index in [2.05, 4.69) is 19.2 Å². The van der Waals surface area contributed by atoms with Crippen molar-refractivity contribution in [3.63, 3.8) is 0 Å². The first kappa shape index (κ1) is 23.8. The van der Waals surface area contributed by atoms with Gasteiger partial charge in [-0.05, 0) is 30.0 Å². The van der Waals surface area contributed by atoms with Crippen molar-refractivity contribution >= 4 is 11.8 Å². The minimum atomic E-state index is -0.331. The Hall–Kier alpha value is -2.44. The number of benzene rings is 1. The van der Waals surface area contributed by atoms with Gasteiger partial charge in [0.25, 0.3) is 0 Å². The Morgan fingerprint density at radius 3 is 2.10 bits per heavy atom. The van der Waals surface area contributed by atoms with E-state index in [0.717, 1.165) is 12.0 Å². The van der Waals surface area contributed by atoms with Crippen molar-refractivity contribution in [2.24, 2.45) is 17.8 Å². The molecule has 1 fully saturated rings. The Balaban J connectivity index is 2.37. The topological polar surface area (TPSA) is 77.1 Å². The second kappa shape index (κ2) is 10.5. The molecule has 1 aliphatic rings. The van der Waals surface area contributed by atoms with Crippen LogP contribution in [0.15, 0.2) is 12.1 Å². The maximum absolute atomic E-state index is 13.0. The Bertz CT molecular complexity index is 722. The van der Waals surface area contributed by atoms with Gasteiger partial charge in [0.1, 0.15) is 0 Å². The minimum Gasteiger partial charge on any atom is -0.493 e. The van der Waals surface area contributed by atoms with E-state index in [1.165, 1.54) is 0 Å². The number of hydrogen-bond donors (Lipinski definition) is 1. The number of ether oxygens (including phenoxy) is 3. The van der Waals surface area contributed by atoms with Crippen LogP contribution in [0.4, 0.5) is 0 Å². The molecule has 1 aromatic rings. The first-order valence-corrected chi connectivity index (χ1v) is 10.6. The van der Waals surface area contributed by atoms with Gasteiger partial charge in [-0.1, -0.05) is 27.7 Å². The highest BCUT2D eigenvalue weighted by Gasteiger charge is 2.41. The Kier molecular flexibility index (Phi) is 8.38. The van der Waals surface area contributed by atoms with E-state index in [-0.39, 0.29) is 29.6 Å². The molecule has 2 amide bonds. The Morgan fingerprint density at radius 2 is 1.63 bits per heavy atom. The van der Waals surface area contributed by atoms with E-state index in [4.69, 9.17) is 14.2 Å². The molecule has 0 aromatic heterocycles. The number of likely N-dealkylation sites (tertiary alicyclic amines) is 1. The van der Waals surface area contributed by atoms with Crippen LogP contribution in [0.1, 0.15) is 45.6 Å². The summed E-state index contributed by atoms with van der Waals surface area (Å²) in [6, 6.07) is 3.76. The van der Waals surface area contributed by atoms with E-state index < -0.39 is 0 Å². The molecule has 0 aliphatic carbocycles. The van der Waals surface area contributed by atoms with Gasteiger partial charge in [-0.25, -0.2) is 0 Å². The molecule has 1 aliphatic heterocycles. The fourth-order valence-electron chi connectivity index (χ4n) is 3.88. The molecular weight excluding hydrogens is 384 g/mol. The average Bonchev–Trinajstić information content (AvgIpc) is 3.16. The second-order valence-electron chi connectivity index (χ2n) is 8.54. The number of hydrogen-bond acceptors (Lipinski definition) is 5. The zero-order valence-corrected chi connectivity index (χ0v) is 19.3. The number of carbonyl (C=O) groups is 2. The molecule has 168 valence electrons. The van der Waals surface area contributed by atoms with Crippen molar-refractivity contribution in [3.8, 4) is 17.2 Å². The maximum atomic E-state index is 13.0. The molecule has 1 saturated heterocycles. The first-order chi connectivity index (χ1) is 14.2. The normalized spacial score (nSPS) is 18.6. The molecule has 1 N–H and O–H groups in total. The van der Waals surface area contributed by atoms with Crippen molar-refractivity contribution in [1.29, 1.82) is 0 Å². The molecule has 1 aromatic carbocycles. The quantitative estimate of drug-likeness (QED) is 0.664. The lowest BCUT2D eigenvalue weighted by atomic mass is 9.87. The number of nitrogens with one attached hydrogen (secondary N) is 1. The fraction of sp³-hybridized carbons (Fsp3) is 0.652. The number of rotatable bonds is 9. The van der Waals surface area contributed by atoms with Crippen LogP contribution in [0.3, 0.4) is 0 Å². The van der Waals surface area contributed by atoms with Gasteiger partial charge in [-0.15, -0.1) is 0 Å². The molecule has 0 bridgehead atoms. The molecule has 0 saturated carbocycles. The third-order valence-corrected chi connectivity index (χ3v) is 5.60. The predicted octanol–water partition coefficient (Wildman–Crippen LogP) is 3.07. The lowest BCUT2D eigenvalue weighted by Crippen LogP contribution is -2.37. The lowest BCUT2D eigenvalue weighted by Gasteiger charge is -2.21. The zero-order chi connectivity index (χ0) is 22.4. The van der Waals surface area contributed by atoms with Crippen LogP contribution in [0.25, 0.3) is 0 Å². The summed E-state index contributed by atoms with van der Waals surface area (Å²) in [6.45, 7) is 9.55. The molecule has 1 heterocycles. The summed E-state index contributed by atoms with van der Waals surface area (Å²) >= 11 is 0. The summed E-state index contributed by atoms with van der Waals surface area (Å²) in [5.74, 6) is 1.54. The molecule has 7 nitrogen and oxygen atoms in total. The number of nitrogens with zero attached hydrogens (tertiary/aromatic N) is 1. The van der Waals surface area contributed by atoms with Crippen molar-refractivity contribution in [1.82, 2.24) is 10.2 Å². The highest BCUT2D eigenvalue weighted by atomic mass is 16.5. The molecule has 2 unspecified atom stereocenters. The Labute approximate surface area is 180 Å². The van der Waals surface area contributed by atoms with Crippen LogP contribution in [0.5, 0.6) is 17.2 Å². The van der Waals surface area contributed by atoms with E-state index in [1.807, 2.05) is 26.0 Å². The van der Waals surface area contributed by atoms with Gasteiger partial charge in [-0.2, -0.15) is 0 Å². The third-order valence-electron chi connectivity index (χ3n) is 5.60. The number of amides is 2. The molecule has 2 rings (SSSR count). The largest absolute Gasteiger partial charge is 0.493 e. The van der Waals surface area contributed by atoms with Crippen molar-refractivity contribution < 1.29 is 23.8 Å². The van der Waals surface area contributed by atoms with Crippen LogP contribution in [0.2, 0.25) is 0 Å². The van der Waals surface area contributed by atoms with Gasteiger partial charge in [-0.3, -0.25) is 9.59 Å². The van der Waals surface area contributed by atoms with E-state index in [1.54, 1.807) is 26.2 Å². The van der Waals surface area contributed by atoms with Gasteiger partial charge in [0, 0.05) is 31.5 Å². The summed E-state index contributed by atoms with van der Waals surface area (Å²) in [7, 11) is 4.70. The van der Waals surface area contributed by atoms with E-state index in [0.29, 0.717) is 42.8 Å². The summed E-state index contributed by atoms with van der Waals surface area (Å²) < 4.78 is 16.4. The van der Waals surface area contributed by atoms with Gasteiger partial charge in [0.05, 0.1) is 27.2 Å². The van der Waals surface area contributed by atoms with Gasteiger partial charge in [0.2, 0.25) is 17.6 Å². The van der Waals surface area contributed by atoms with Crippen LogP contribution in [-0.4, -0.2) is 57.7 Å². The molecule has 0 spiro atoms. The van der Waals surface area contributed by atoms with Crippen LogP contribution < -0.4 is 19.5 Å². The second-order valence-corrected chi connectivity index (χ2v) is 8.54. The van der Waals surface area contributed by atoms with Crippen LogP contribution >= 0.6 is 0 Å². The molecule has 0 radical (unpaired) electrons. The Morgan fingerprint density at radius 1 is 1.03 bits per heavy atom. The third kappa shape index (κ3) is 5.37. The number of carbonyl (C=O) groups excluding carboxylic acids is 2. The fourth-order valence-corrected chi connectivity index (χ4v) is 3.88. The standard InChI is InChI=1S/C23H36N2O5/c1-14(2)8-9-24-22(26)18-13-25(23(27)15(3)4)12-17(18)16-10-19(28-5)21(30-7)20(11-16)29-6/h10-11,14-15,17-18H,8-9,12-13H2,1-7H3,(H,24,26). The minimum absolute atomic E-state index is 0.0199.